The molecule has 3 rings (SSSR count). The minimum absolute atomic E-state index is 0.232. The van der Waals surface area contributed by atoms with Gasteiger partial charge in [0.15, 0.2) is 10.8 Å². The zero-order valence-electron chi connectivity index (χ0n) is 11.1. The van der Waals surface area contributed by atoms with Crippen LogP contribution in [-0.2, 0) is 11.3 Å². The number of nitrogens with one attached hydrogen (secondary N) is 1. The summed E-state index contributed by atoms with van der Waals surface area (Å²) in [6, 6.07) is 5.10. The van der Waals surface area contributed by atoms with Gasteiger partial charge in [-0.2, -0.15) is 0 Å². The molecule has 0 saturated heterocycles. The zero-order valence-corrected chi connectivity index (χ0v) is 11.9. The van der Waals surface area contributed by atoms with Gasteiger partial charge in [0.25, 0.3) is 5.91 Å². The summed E-state index contributed by atoms with van der Waals surface area (Å²) in [6.07, 6.45) is 2.85. The lowest BCUT2D eigenvalue weighted by Gasteiger charge is -2.00. The van der Waals surface area contributed by atoms with E-state index in [2.05, 4.69) is 15.4 Å². The summed E-state index contributed by atoms with van der Waals surface area (Å²) in [7, 11) is 0. The summed E-state index contributed by atoms with van der Waals surface area (Å²) in [6.45, 7) is -0.258. The van der Waals surface area contributed by atoms with Gasteiger partial charge in [0.1, 0.15) is 11.4 Å². The topological polar surface area (TPSA) is 124 Å². The van der Waals surface area contributed by atoms with Crippen molar-refractivity contribution in [3.63, 3.8) is 0 Å². The normalized spacial score (nSPS) is 10.7. The first-order valence-corrected chi connectivity index (χ1v) is 6.96. The van der Waals surface area contributed by atoms with Gasteiger partial charge in [-0.25, -0.2) is 14.5 Å². The number of anilines is 1. The molecule has 3 N–H and O–H groups in total. The van der Waals surface area contributed by atoms with Gasteiger partial charge in [0, 0.05) is 6.20 Å². The average Bonchev–Trinajstić information content (AvgIpc) is 3.06. The van der Waals surface area contributed by atoms with E-state index in [1.165, 1.54) is 10.6 Å². The quantitative estimate of drug-likeness (QED) is 0.683. The highest BCUT2D eigenvalue weighted by molar-refractivity contribution is 7.17. The van der Waals surface area contributed by atoms with Gasteiger partial charge in [-0.05, 0) is 12.1 Å². The molecule has 0 aromatic carbocycles. The highest BCUT2D eigenvalue weighted by Gasteiger charge is 2.13. The van der Waals surface area contributed by atoms with E-state index in [-0.39, 0.29) is 16.6 Å². The lowest BCUT2D eigenvalue weighted by atomic mass is 10.5. The van der Waals surface area contributed by atoms with Gasteiger partial charge in [-0.1, -0.05) is 17.4 Å². The van der Waals surface area contributed by atoms with E-state index in [0.29, 0.717) is 5.65 Å². The lowest BCUT2D eigenvalue weighted by molar-refractivity contribution is -0.117. The van der Waals surface area contributed by atoms with Gasteiger partial charge in [0.2, 0.25) is 5.91 Å². The number of primary amides is 1. The van der Waals surface area contributed by atoms with Crippen molar-refractivity contribution in [2.45, 2.75) is 6.54 Å². The molecule has 0 saturated carbocycles. The van der Waals surface area contributed by atoms with Crippen molar-refractivity contribution in [1.29, 1.82) is 0 Å². The Morgan fingerprint density at radius 2 is 2.18 bits per heavy atom. The molecule has 22 heavy (non-hydrogen) atoms. The van der Waals surface area contributed by atoms with E-state index < -0.39 is 17.5 Å². The van der Waals surface area contributed by atoms with Crippen LogP contribution >= 0.6 is 11.3 Å². The maximum atomic E-state index is 12.0. The Kier molecular flexibility index (Phi) is 3.43. The average molecular weight is 318 g/mol. The summed E-state index contributed by atoms with van der Waals surface area (Å²) < 4.78 is 2.38. The summed E-state index contributed by atoms with van der Waals surface area (Å²) in [5, 5.41) is 6.76. The fourth-order valence-corrected chi connectivity index (χ4v) is 2.50. The molecule has 3 aromatic rings. The third kappa shape index (κ3) is 2.59. The Morgan fingerprint density at radius 3 is 2.86 bits per heavy atom. The number of thiazole rings is 1. The molecular weight excluding hydrogens is 308 g/mol. The minimum Gasteiger partial charge on any atom is -0.365 e. The molecule has 0 unspecified atom stereocenters. The van der Waals surface area contributed by atoms with Crippen molar-refractivity contribution < 1.29 is 9.59 Å². The van der Waals surface area contributed by atoms with Crippen molar-refractivity contribution >= 4 is 33.9 Å². The Hall–Kier alpha value is -3.01. The predicted octanol–water partition coefficient (Wildman–Crippen LogP) is -0.310. The van der Waals surface area contributed by atoms with Crippen LogP contribution in [0.1, 0.15) is 9.67 Å². The lowest BCUT2D eigenvalue weighted by Crippen LogP contribution is -2.28. The Labute approximate surface area is 127 Å². The van der Waals surface area contributed by atoms with Crippen LogP contribution in [0.4, 0.5) is 5.13 Å². The summed E-state index contributed by atoms with van der Waals surface area (Å²) >= 11 is 0.958. The van der Waals surface area contributed by atoms with Crippen LogP contribution in [0.15, 0.2) is 35.4 Å². The van der Waals surface area contributed by atoms with Gasteiger partial charge in [0.05, 0.1) is 6.20 Å². The number of nitrogens with zero attached hydrogens (tertiary/aromatic N) is 4. The molecule has 0 aliphatic rings. The Bertz CT molecular complexity index is 924. The largest absolute Gasteiger partial charge is 0.365 e. The second kappa shape index (κ2) is 5.41. The molecule has 9 nitrogen and oxygen atoms in total. The number of carbonyl (C=O) groups is 2. The monoisotopic (exact) mass is 318 g/mol. The van der Waals surface area contributed by atoms with Crippen LogP contribution < -0.4 is 16.7 Å². The molecule has 0 atom stereocenters. The number of rotatable bonds is 4. The molecule has 0 bridgehead atoms. The highest BCUT2D eigenvalue weighted by atomic mass is 32.1. The van der Waals surface area contributed by atoms with Crippen molar-refractivity contribution in [3.8, 4) is 0 Å². The number of carbonyl (C=O) groups excluding carboxylic acids is 2. The second-order valence-corrected chi connectivity index (χ2v) is 5.34. The third-order valence-electron chi connectivity index (χ3n) is 2.78. The van der Waals surface area contributed by atoms with E-state index in [1.54, 1.807) is 24.4 Å². The van der Waals surface area contributed by atoms with Gasteiger partial charge >= 0.3 is 5.69 Å². The van der Waals surface area contributed by atoms with Gasteiger partial charge < -0.3 is 11.1 Å². The number of hydrogen-bond donors (Lipinski definition) is 2. The molecule has 0 spiro atoms. The molecule has 3 aromatic heterocycles. The van der Waals surface area contributed by atoms with Crippen molar-refractivity contribution in [3.05, 3.63) is 46.0 Å². The second-order valence-electron chi connectivity index (χ2n) is 4.31. The summed E-state index contributed by atoms with van der Waals surface area (Å²) in [5.41, 5.74) is 5.14. The fourth-order valence-electron chi connectivity index (χ4n) is 1.81. The van der Waals surface area contributed by atoms with E-state index in [9.17, 15) is 14.4 Å². The molecule has 0 aliphatic heterocycles. The van der Waals surface area contributed by atoms with E-state index in [4.69, 9.17) is 5.73 Å². The first-order valence-electron chi connectivity index (χ1n) is 6.14. The molecule has 2 amide bonds. The molecule has 10 heteroatoms. The van der Waals surface area contributed by atoms with Crippen LogP contribution in [0.25, 0.3) is 5.65 Å². The molecule has 0 aliphatic carbocycles. The summed E-state index contributed by atoms with van der Waals surface area (Å²) in [5.74, 6) is -1.09. The predicted molar refractivity (Wildman–Crippen MR) is 78.7 cm³/mol. The fraction of sp³-hybridized carbons (Fsp3) is 0.0833. The highest BCUT2D eigenvalue weighted by Crippen LogP contribution is 2.17. The minimum atomic E-state index is -0.616. The van der Waals surface area contributed by atoms with Crippen molar-refractivity contribution in [2.75, 3.05) is 5.32 Å². The van der Waals surface area contributed by atoms with Crippen LogP contribution in [-0.4, -0.2) is 31.0 Å². The standard InChI is InChI=1S/C12H10N6O3S/c13-10(20)7-5-14-11(22-7)15-9(19)6-18-12(21)17-4-2-1-3-8(17)16-18/h1-5H,6H2,(H2,13,20)(H,14,15,19). The summed E-state index contributed by atoms with van der Waals surface area (Å²) in [4.78, 5) is 39.0. The zero-order chi connectivity index (χ0) is 15.7. The number of nitrogens with two attached hydrogens (primary N) is 1. The SMILES string of the molecule is NC(=O)c1cnc(NC(=O)Cn2nc3ccccn3c2=O)s1. The van der Waals surface area contributed by atoms with E-state index >= 15 is 0 Å². The first-order chi connectivity index (χ1) is 10.5. The van der Waals surface area contributed by atoms with Gasteiger partial charge in [-0.15, -0.1) is 5.10 Å². The molecular formula is C12H10N6O3S. The molecule has 0 radical (unpaired) electrons. The van der Waals surface area contributed by atoms with Crippen molar-refractivity contribution in [2.24, 2.45) is 5.73 Å². The van der Waals surface area contributed by atoms with Crippen LogP contribution in [0.2, 0.25) is 0 Å². The number of amides is 2. The number of fused-ring (bicyclic) bond motifs is 1. The van der Waals surface area contributed by atoms with Crippen molar-refractivity contribution in [1.82, 2.24) is 19.2 Å². The molecule has 112 valence electrons. The number of pyridine rings is 1. The smallest absolute Gasteiger partial charge is 0.350 e. The third-order valence-corrected chi connectivity index (χ3v) is 3.70. The number of aromatic nitrogens is 4. The maximum Gasteiger partial charge on any atom is 0.350 e. The molecule has 3 heterocycles. The van der Waals surface area contributed by atoms with Crippen LogP contribution in [0.3, 0.4) is 0 Å². The van der Waals surface area contributed by atoms with Crippen LogP contribution in [0, 0.1) is 0 Å². The Balaban J connectivity index is 1.76. The maximum absolute atomic E-state index is 12.0. The first kappa shape index (κ1) is 13.9. The molecule has 0 fully saturated rings. The van der Waals surface area contributed by atoms with Crippen LogP contribution in [0.5, 0.6) is 0 Å². The van der Waals surface area contributed by atoms with E-state index in [0.717, 1.165) is 16.0 Å². The Morgan fingerprint density at radius 1 is 1.36 bits per heavy atom. The number of hydrogen-bond acceptors (Lipinski definition) is 6. The van der Waals surface area contributed by atoms with Gasteiger partial charge in [-0.3, -0.25) is 14.0 Å². The van der Waals surface area contributed by atoms with E-state index in [1.807, 2.05) is 0 Å².